The van der Waals surface area contributed by atoms with Crippen LogP contribution < -0.4 is 5.56 Å². The standard InChI is InChI=1S/C11H8FNO3.C8H18/c1-6-4-7(12)5-13-9(14)3-2-8(10(6)13)11(15)16;1-3-5-7-8-6-4-2/h2-5H,1H3,(H,15,16);3-8H2,1-2H3. The summed E-state index contributed by atoms with van der Waals surface area (Å²) >= 11 is 0. The monoisotopic (exact) mass is 335 g/mol. The predicted octanol–water partition coefficient (Wildman–Crippen LogP) is 4.81. The maximum Gasteiger partial charge on any atom is 0.337 e. The molecule has 2 rings (SSSR count). The SMILES string of the molecule is CCCCCCCC.Cc1cc(F)cn2c(=O)ccc(C(=O)O)c12. The number of carboxylic acids is 1. The van der Waals surface area contributed by atoms with E-state index in [4.69, 9.17) is 5.11 Å². The lowest BCUT2D eigenvalue weighted by Crippen LogP contribution is -2.16. The molecule has 0 aliphatic rings. The normalized spacial score (nSPS) is 10.3. The number of hydrogen-bond donors (Lipinski definition) is 1. The lowest BCUT2D eigenvalue weighted by molar-refractivity contribution is 0.0698. The molecule has 4 nitrogen and oxygen atoms in total. The van der Waals surface area contributed by atoms with Crippen molar-refractivity contribution in [2.75, 3.05) is 0 Å². The minimum atomic E-state index is -1.15. The van der Waals surface area contributed by atoms with Gasteiger partial charge in [-0.3, -0.25) is 9.20 Å². The molecule has 0 unspecified atom stereocenters. The van der Waals surface area contributed by atoms with Crippen molar-refractivity contribution >= 4 is 11.5 Å². The maximum absolute atomic E-state index is 13.1. The Morgan fingerprint density at radius 2 is 1.71 bits per heavy atom. The molecular formula is C19H26FNO3. The zero-order chi connectivity index (χ0) is 18.1. The van der Waals surface area contributed by atoms with Crippen molar-refractivity contribution in [2.24, 2.45) is 0 Å². The summed E-state index contributed by atoms with van der Waals surface area (Å²) < 4.78 is 14.1. The molecule has 0 aliphatic heterocycles. The first kappa shape index (κ1) is 19.9. The molecule has 1 N–H and O–H groups in total. The van der Waals surface area contributed by atoms with E-state index >= 15 is 0 Å². The summed E-state index contributed by atoms with van der Waals surface area (Å²) in [4.78, 5) is 22.4. The zero-order valence-corrected chi connectivity index (χ0v) is 14.6. The summed E-state index contributed by atoms with van der Waals surface area (Å²) in [5.41, 5.74) is 0.163. The second-order valence-corrected chi connectivity index (χ2v) is 5.86. The van der Waals surface area contributed by atoms with Crippen molar-refractivity contribution < 1.29 is 14.3 Å². The number of halogens is 1. The summed E-state index contributed by atoms with van der Waals surface area (Å²) in [6, 6.07) is 3.53. The highest BCUT2D eigenvalue weighted by molar-refractivity contribution is 5.96. The van der Waals surface area contributed by atoms with E-state index in [1.807, 2.05) is 0 Å². The van der Waals surface area contributed by atoms with Gasteiger partial charge in [-0.25, -0.2) is 9.18 Å². The Kier molecular flexibility index (Phi) is 8.16. The van der Waals surface area contributed by atoms with Crippen LogP contribution in [0.15, 0.2) is 29.2 Å². The number of hydrogen-bond acceptors (Lipinski definition) is 2. The number of fused-ring (bicyclic) bond motifs is 1. The molecule has 0 aromatic carbocycles. The van der Waals surface area contributed by atoms with Crippen molar-refractivity contribution in [2.45, 2.75) is 59.3 Å². The Morgan fingerprint density at radius 3 is 2.21 bits per heavy atom. The number of nitrogens with zero attached hydrogens (tertiary/aromatic N) is 1. The third-order valence-corrected chi connectivity index (χ3v) is 3.79. The summed E-state index contributed by atoms with van der Waals surface area (Å²) in [7, 11) is 0. The van der Waals surface area contributed by atoms with Gasteiger partial charge in [0.1, 0.15) is 5.82 Å². The molecule has 2 heterocycles. The number of unbranched alkanes of at least 4 members (excludes halogenated alkanes) is 5. The van der Waals surface area contributed by atoms with Crippen LogP contribution in [0, 0.1) is 12.7 Å². The summed E-state index contributed by atoms with van der Waals surface area (Å²) in [5.74, 6) is -1.72. The van der Waals surface area contributed by atoms with E-state index in [1.165, 1.54) is 50.7 Å². The Hall–Kier alpha value is -2.17. The van der Waals surface area contributed by atoms with Gasteiger partial charge in [-0.05, 0) is 24.6 Å². The van der Waals surface area contributed by atoms with Crippen LogP contribution in [0.2, 0.25) is 0 Å². The topological polar surface area (TPSA) is 58.8 Å². The van der Waals surface area contributed by atoms with E-state index in [2.05, 4.69) is 13.8 Å². The molecule has 132 valence electrons. The minimum absolute atomic E-state index is 0.0166. The van der Waals surface area contributed by atoms with Gasteiger partial charge in [0.05, 0.1) is 11.1 Å². The van der Waals surface area contributed by atoms with E-state index in [9.17, 15) is 14.0 Å². The van der Waals surface area contributed by atoms with E-state index < -0.39 is 17.3 Å². The van der Waals surface area contributed by atoms with Crippen LogP contribution >= 0.6 is 0 Å². The summed E-state index contributed by atoms with van der Waals surface area (Å²) in [6.07, 6.45) is 9.47. The molecule has 0 bridgehead atoms. The second kappa shape index (κ2) is 9.85. The quantitative estimate of drug-likeness (QED) is 0.771. The fraction of sp³-hybridized carbons (Fsp3) is 0.474. The van der Waals surface area contributed by atoms with E-state index in [0.29, 0.717) is 5.56 Å². The number of carboxylic acid groups (broad SMARTS) is 1. The Labute approximate surface area is 141 Å². The molecule has 2 aromatic heterocycles. The largest absolute Gasteiger partial charge is 0.478 e. The highest BCUT2D eigenvalue weighted by atomic mass is 19.1. The summed E-state index contributed by atoms with van der Waals surface area (Å²) in [6.45, 7) is 6.07. The predicted molar refractivity (Wildman–Crippen MR) is 94.4 cm³/mol. The van der Waals surface area contributed by atoms with Crippen LogP contribution in [0.1, 0.15) is 68.3 Å². The Balaban J connectivity index is 0.000000307. The molecule has 0 radical (unpaired) electrons. The molecule has 0 aliphatic carbocycles. The van der Waals surface area contributed by atoms with Crippen molar-refractivity contribution in [1.29, 1.82) is 0 Å². The third kappa shape index (κ3) is 5.48. The molecule has 0 saturated carbocycles. The molecule has 0 saturated heterocycles. The zero-order valence-electron chi connectivity index (χ0n) is 14.6. The lowest BCUT2D eigenvalue weighted by atomic mass is 10.1. The van der Waals surface area contributed by atoms with Gasteiger partial charge >= 0.3 is 5.97 Å². The van der Waals surface area contributed by atoms with Crippen LogP contribution in [0.3, 0.4) is 0 Å². The Morgan fingerprint density at radius 1 is 1.12 bits per heavy atom. The van der Waals surface area contributed by atoms with Crippen molar-refractivity contribution in [1.82, 2.24) is 4.40 Å². The van der Waals surface area contributed by atoms with Crippen LogP contribution in [0.4, 0.5) is 4.39 Å². The molecule has 0 atom stereocenters. The van der Waals surface area contributed by atoms with Crippen LogP contribution in [-0.2, 0) is 0 Å². The second-order valence-electron chi connectivity index (χ2n) is 5.86. The molecule has 0 spiro atoms. The van der Waals surface area contributed by atoms with Crippen molar-refractivity contribution in [3.63, 3.8) is 0 Å². The maximum atomic E-state index is 13.1. The van der Waals surface area contributed by atoms with Crippen LogP contribution in [0.25, 0.3) is 5.52 Å². The number of rotatable bonds is 6. The number of aromatic nitrogens is 1. The highest BCUT2D eigenvalue weighted by Gasteiger charge is 2.12. The first-order valence-corrected chi connectivity index (χ1v) is 8.47. The van der Waals surface area contributed by atoms with Gasteiger partial charge in [0.15, 0.2) is 0 Å². The minimum Gasteiger partial charge on any atom is -0.478 e. The van der Waals surface area contributed by atoms with Gasteiger partial charge in [0.25, 0.3) is 5.56 Å². The molecule has 24 heavy (non-hydrogen) atoms. The van der Waals surface area contributed by atoms with Gasteiger partial charge in [0.2, 0.25) is 0 Å². The number of carbonyl (C=O) groups is 1. The van der Waals surface area contributed by atoms with Gasteiger partial charge in [-0.1, -0.05) is 52.4 Å². The summed E-state index contributed by atoms with van der Waals surface area (Å²) in [5, 5.41) is 8.96. The van der Waals surface area contributed by atoms with Crippen LogP contribution in [-0.4, -0.2) is 15.5 Å². The lowest BCUT2D eigenvalue weighted by Gasteiger charge is -2.07. The van der Waals surface area contributed by atoms with Gasteiger partial charge < -0.3 is 5.11 Å². The number of aryl methyl sites for hydroxylation is 1. The smallest absolute Gasteiger partial charge is 0.337 e. The van der Waals surface area contributed by atoms with Crippen molar-refractivity contribution in [3.05, 3.63) is 51.7 Å². The van der Waals surface area contributed by atoms with Gasteiger partial charge in [0, 0.05) is 12.3 Å². The van der Waals surface area contributed by atoms with E-state index in [1.54, 1.807) is 6.92 Å². The third-order valence-electron chi connectivity index (χ3n) is 3.79. The van der Waals surface area contributed by atoms with E-state index in [0.717, 1.165) is 16.7 Å². The first-order chi connectivity index (χ1) is 11.4. The molecule has 2 aromatic rings. The van der Waals surface area contributed by atoms with Crippen molar-refractivity contribution in [3.8, 4) is 0 Å². The molecular weight excluding hydrogens is 309 g/mol. The van der Waals surface area contributed by atoms with Gasteiger partial charge in [-0.15, -0.1) is 0 Å². The van der Waals surface area contributed by atoms with Crippen LogP contribution in [0.5, 0.6) is 0 Å². The average molecular weight is 335 g/mol. The van der Waals surface area contributed by atoms with Gasteiger partial charge in [-0.2, -0.15) is 0 Å². The average Bonchev–Trinajstić information content (AvgIpc) is 2.53. The first-order valence-electron chi connectivity index (χ1n) is 8.47. The fourth-order valence-corrected chi connectivity index (χ4v) is 2.55. The fourth-order valence-electron chi connectivity index (χ4n) is 2.55. The van der Waals surface area contributed by atoms with E-state index in [-0.39, 0.29) is 11.1 Å². The Bertz CT molecular complexity index is 731. The molecule has 0 amide bonds. The molecule has 5 heteroatoms. The number of pyridine rings is 2. The number of aromatic carboxylic acids is 1. The molecule has 0 fully saturated rings. The highest BCUT2D eigenvalue weighted by Crippen LogP contribution is 2.15.